The van der Waals surface area contributed by atoms with E-state index < -0.39 is 5.91 Å². The summed E-state index contributed by atoms with van der Waals surface area (Å²) in [6.07, 6.45) is 3.20. The second-order valence-corrected chi connectivity index (χ2v) is 6.05. The SMILES string of the molecule is Brc1ccc(-c2ncco2)cc1.NC(=O)c1ccc(Br)cc1. The Labute approximate surface area is 144 Å². The van der Waals surface area contributed by atoms with E-state index in [-0.39, 0.29) is 0 Å². The van der Waals surface area contributed by atoms with Crippen molar-refractivity contribution in [3.05, 3.63) is 75.5 Å². The van der Waals surface area contributed by atoms with Gasteiger partial charge in [-0.1, -0.05) is 31.9 Å². The van der Waals surface area contributed by atoms with E-state index >= 15 is 0 Å². The van der Waals surface area contributed by atoms with Crippen molar-refractivity contribution >= 4 is 37.8 Å². The molecule has 0 aliphatic heterocycles. The number of primary amides is 1. The predicted molar refractivity (Wildman–Crippen MR) is 92.3 cm³/mol. The standard InChI is InChI=1S/C9H6BrNO.C7H6BrNO/c10-8-3-1-7(2-4-8)9-11-5-6-12-9;8-6-3-1-5(2-4-6)7(9)10/h1-6H;1-4H,(H2,9,10). The molecular formula is C16H12Br2N2O2. The van der Waals surface area contributed by atoms with Crippen LogP contribution in [0.3, 0.4) is 0 Å². The average molecular weight is 424 g/mol. The molecule has 0 atom stereocenters. The van der Waals surface area contributed by atoms with Gasteiger partial charge in [0.1, 0.15) is 6.26 Å². The monoisotopic (exact) mass is 422 g/mol. The lowest BCUT2D eigenvalue weighted by Crippen LogP contribution is -2.10. The van der Waals surface area contributed by atoms with Crippen LogP contribution in [-0.4, -0.2) is 10.9 Å². The van der Waals surface area contributed by atoms with Crippen molar-refractivity contribution in [3.63, 3.8) is 0 Å². The number of nitrogens with two attached hydrogens (primary N) is 1. The van der Waals surface area contributed by atoms with Crippen molar-refractivity contribution in [3.8, 4) is 11.5 Å². The second-order valence-electron chi connectivity index (χ2n) is 4.22. The van der Waals surface area contributed by atoms with Crippen LogP contribution in [-0.2, 0) is 0 Å². The molecule has 0 saturated heterocycles. The van der Waals surface area contributed by atoms with Gasteiger partial charge in [-0.25, -0.2) is 4.98 Å². The molecule has 3 rings (SSSR count). The summed E-state index contributed by atoms with van der Waals surface area (Å²) in [6, 6.07) is 14.7. The van der Waals surface area contributed by atoms with Gasteiger partial charge >= 0.3 is 0 Å². The van der Waals surface area contributed by atoms with Crippen LogP contribution in [0.1, 0.15) is 10.4 Å². The summed E-state index contributed by atoms with van der Waals surface area (Å²) in [7, 11) is 0. The Morgan fingerprint density at radius 3 is 1.95 bits per heavy atom. The average Bonchev–Trinajstić information content (AvgIpc) is 3.03. The third-order valence-corrected chi connectivity index (χ3v) is 3.71. The summed E-state index contributed by atoms with van der Waals surface area (Å²) >= 11 is 6.60. The first-order valence-corrected chi connectivity index (χ1v) is 7.85. The first-order chi connectivity index (χ1) is 10.6. The smallest absolute Gasteiger partial charge is 0.248 e. The summed E-state index contributed by atoms with van der Waals surface area (Å²) in [5, 5.41) is 0. The van der Waals surface area contributed by atoms with Gasteiger partial charge in [0.05, 0.1) is 6.20 Å². The molecule has 1 heterocycles. The molecule has 22 heavy (non-hydrogen) atoms. The molecule has 0 spiro atoms. The number of carbonyl (C=O) groups excluding carboxylic acids is 1. The van der Waals surface area contributed by atoms with Crippen molar-refractivity contribution < 1.29 is 9.21 Å². The van der Waals surface area contributed by atoms with Crippen molar-refractivity contribution in [2.75, 3.05) is 0 Å². The van der Waals surface area contributed by atoms with E-state index in [0.717, 1.165) is 14.5 Å². The molecule has 0 saturated carbocycles. The Balaban J connectivity index is 0.000000164. The quantitative estimate of drug-likeness (QED) is 0.651. The summed E-state index contributed by atoms with van der Waals surface area (Å²) in [6.45, 7) is 0. The minimum Gasteiger partial charge on any atom is -0.445 e. The third kappa shape index (κ3) is 4.82. The zero-order valence-electron chi connectivity index (χ0n) is 11.4. The van der Waals surface area contributed by atoms with Gasteiger partial charge in [-0.2, -0.15) is 0 Å². The molecule has 2 aromatic carbocycles. The number of aromatic nitrogens is 1. The molecule has 6 heteroatoms. The van der Waals surface area contributed by atoms with Gasteiger partial charge in [0.15, 0.2) is 0 Å². The highest BCUT2D eigenvalue weighted by Crippen LogP contribution is 2.19. The molecule has 0 bridgehead atoms. The summed E-state index contributed by atoms with van der Waals surface area (Å²) in [5.74, 6) is 0.259. The fourth-order valence-corrected chi connectivity index (χ4v) is 2.10. The van der Waals surface area contributed by atoms with Gasteiger partial charge in [0, 0.05) is 20.1 Å². The van der Waals surface area contributed by atoms with E-state index in [9.17, 15) is 4.79 Å². The number of hydrogen-bond donors (Lipinski definition) is 1. The van der Waals surface area contributed by atoms with Gasteiger partial charge < -0.3 is 10.2 Å². The maximum Gasteiger partial charge on any atom is 0.248 e. The molecule has 1 amide bonds. The fraction of sp³-hybridized carbons (Fsp3) is 0. The van der Waals surface area contributed by atoms with E-state index in [2.05, 4.69) is 36.8 Å². The van der Waals surface area contributed by atoms with Crippen LogP contribution in [0.15, 0.2) is 74.4 Å². The minimum atomic E-state index is -0.396. The number of oxazole rings is 1. The van der Waals surface area contributed by atoms with Crippen molar-refractivity contribution in [1.29, 1.82) is 0 Å². The zero-order chi connectivity index (χ0) is 15.9. The second kappa shape index (κ2) is 7.91. The van der Waals surface area contributed by atoms with Gasteiger partial charge in [-0.05, 0) is 48.5 Å². The van der Waals surface area contributed by atoms with Crippen LogP contribution in [0.25, 0.3) is 11.5 Å². The highest BCUT2D eigenvalue weighted by Gasteiger charge is 2.00. The maximum absolute atomic E-state index is 10.5. The van der Waals surface area contributed by atoms with Crippen molar-refractivity contribution in [1.82, 2.24) is 4.98 Å². The van der Waals surface area contributed by atoms with E-state index in [1.807, 2.05) is 24.3 Å². The van der Waals surface area contributed by atoms with E-state index in [4.69, 9.17) is 10.2 Å². The Morgan fingerprint density at radius 1 is 0.955 bits per heavy atom. The minimum absolute atomic E-state index is 0.396. The van der Waals surface area contributed by atoms with E-state index in [1.165, 1.54) is 0 Å². The van der Waals surface area contributed by atoms with Gasteiger partial charge in [-0.3, -0.25) is 4.79 Å². The van der Waals surface area contributed by atoms with E-state index in [1.54, 1.807) is 36.7 Å². The Hall–Kier alpha value is -1.92. The molecule has 0 radical (unpaired) electrons. The Bertz CT molecular complexity index is 724. The number of amides is 1. The summed E-state index contributed by atoms with van der Waals surface area (Å²) < 4.78 is 7.13. The highest BCUT2D eigenvalue weighted by atomic mass is 79.9. The number of rotatable bonds is 2. The first kappa shape index (κ1) is 16.5. The largest absolute Gasteiger partial charge is 0.445 e. The lowest BCUT2D eigenvalue weighted by Gasteiger charge is -1.93. The molecule has 4 nitrogen and oxygen atoms in total. The van der Waals surface area contributed by atoms with Crippen LogP contribution in [0.5, 0.6) is 0 Å². The molecule has 2 N–H and O–H groups in total. The van der Waals surface area contributed by atoms with Gasteiger partial charge in [-0.15, -0.1) is 0 Å². The van der Waals surface area contributed by atoms with Crippen molar-refractivity contribution in [2.24, 2.45) is 5.73 Å². The van der Waals surface area contributed by atoms with Gasteiger partial charge in [0.25, 0.3) is 0 Å². The molecule has 112 valence electrons. The topological polar surface area (TPSA) is 69.1 Å². The number of hydrogen-bond acceptors (Lipinski definition) is 3. The Kier molecular flexibility index (Phi) is 5.91. The van der Waals surface area contributed by atoms with Crippen LogP contribution >= 0.6 is 31.9 Å². The molecule has 3 aromatic rings. The van der Waals surface area contributed by atoms with E-state index in [0.29, 0.717) is 11.5 Å². The van der Waals surface area contributed by atoms with Gasteiger partial charge in [0.2, 0.25) is 11.8 Å². The number of halogens is 2. The highest BCUT2D eigenvalue weighted by molar-refractivity contribution is 9.10. The lowest BCUT2D eigenvalue weighted by atomic mass is 10.2. The van der Waals surface area contributed by atoms with Crippen LogP contribution < -0.4 is 5.73 Å². The molecule has 1 aromatic heterocycles. The third-order valence-electron chi connectivity index (χ3n) is 2.65. The zero-order valence-corrected chi connectivity index (χ0v) is 14.5. The molecule has 0 aliphatic rings. The maximum atomic E-state index is 10.5. The summed E-state index contributed by atoms with van der Waals surface area (Å²) in [4.78, 5) is 14.6. The lowest BCUT2D eigenvalue weighted by molar-refractivity contribution is 0.100. The molecular weight excluding hydrogens is 412 g/mol. The number of nitrogens with zero attached hydrogens (tertiary/aromatic N) is 1. The van der Waals surface area contributed by atoms with Crippen LogP contribution in [0, 0.1) is 0 Å². The Morgan fingerprint density at radius 2 is 1.50 bits per heavy atom. The number of carbonyl (C=O) groups is 1. The molecule has 0 fully saturated rings. The molecule has 0 aliphatic carbocycles. The fourth-order valence-electron chi connectivity index (χ4n) is 1.57. The van der Waals surface area contributed by atoms with Crippen LogP contribution in [0.2, 0.25) is 0 Å². The van der Waals surface area contributed by atoms with Crippen LogP contribution in [0.4, 0.5) is 0 Å². The molecule has 0 unspecified atom stereocenters. The predicted octanol–water partition coefficient (Wildman–Crippen LogP) is 4.65. The van der Waals surface area contributed by atoms with Crippen molar-refractivity contribution in [2.45, 2.75) is 0 Å². The normalized spacial score (nSPS) is 9.73. The first-order valence-electron chi connectivity index (χ1n) is 6.27. The summed E-state index contributed by atoms with van der Waals surface area (Å²) in [5.41, 5.74) is 6.53. The number of benzene rings is 2.